The number of rotatable bonds is 4. The highest BCUT2D eigenvalue weighted by molar-refractivity contribution is 7.89. The number of hydrogen-bond donors (Lipinski definition) is 1. The van der Waals surface area contributed by atoms with Crippen LogP contribution in [-0.2, 0) is 10.0 Å². The van der Waals surface area contributed by atoms with Gasteiger partial charge < -0.3 is 5.32 Å². The molecule has 1 fully saturated rings. The lowest BCUT2D eigenvalue weighted by Gasteiger charge is -2.26. The topological polar surface area (TPSA) is 79.4 Å². The zero-order valence-electron chi connectivity index (χ0n) is 15.6. The molecule has 0 bridgehead atoms. The lowest BCUT2D eigenvalue weighted by Crippen LogP contribution is -2.35. The van der Waals surface area contributed by atoms with E-state index < -0.39 is 15.9 Å². The summed E-state index contributed by atoms with van der Waals surface area (Å²) in [7, 11) is -3.74. The van der Waals surface area contributed by atoms with Gasteiger partial charge in [-0.1, -0.05) is 36.2 Å². The number of halogens is 1. The van der Waals surface area contributed by atoms with Crippen LogP contribution in [-0.4, -0.2) is 36.7 Å². The number of sulfonamides is 1. The van der Waals surface area contributed by atoms with Crippen LogP contribution in [0.5, 0.6) is 0 Å². The van der Waals surface area contributed by atoms with Gasteiger partial charge in [-0.05, 0) is 43.2 Å². The predicted molar refractivity (Wildman–Crippen MR) is 114 cm³/mol. The van der Waals surface area contributed by atoms with Gasteiger partial charge in [0.15, 0.2) is 0 Å². The molecular formula is C21H20ClN3O3S. The fourth-order valence-corrected chi connectivity index (χ4v) is 5.45. The number of amides is 1. The van der Waals surface area contributed by atoms with Crippen molar-refractivity contribution in [1.29, 1.82) is 0 Å². The van der Waals surface area contributed by atoms with Gasteiger partial charge in [-0.2, -0.15) is 4.31 Å². The minimum Gasteiger partial charge on any atom is -0.321 e. The van der Waals surface area contributed by atoms with Crippen LogP contribution >= 0.6 is 11.6 Å². The van der Waals surface area contributed by atoms with E-state index in [1.807, 2.05) is 30.3 Å². The Morgan fingerprint density at radius 2 is 1.79 bits per heavy atom. The second-order valence-electron chi connectivity index (χ2n) is 6.98. The summed E-state index contributed by atoms with van der Waals surface area (Å²) in [5.74, 6) is -0.422. The number of carbonyl (C=O) groups excluding carboxylic acids is 1. The molecular weight excluding hydrogens is 410 g/mol. The van der Waals surface area contributed by atoms with Crippen molar-refractivity contribution in [2.24, 2.45) is 0 Å². The Bertz CT molecular complexity index is 1170. The maximum atomic E-state index is 13.0. The summed E-state index contributed by atoms with van der Waals surface area (Å²) in [5.41, 5.74) is 1.58. The molecule has 1 aromatic heterocycles. The van der Waals surface area contributed by atoms with Crippen LogP contribution in [0.2, 0.25) is 5.02 Å². The third kappa shape index (κ3) is 4.12. The average Bonchev–Trinajstić information content (AvgIpc) is 2.74. The molecule has 4 rings (SSSR count). The van der Waals surface area contributed by atoms with Gasteiger partial charge in [0.05, 0.1) is 22.4 Å². The first-order chi connectivity index (χ1) is 13.9. The molecule has 2 aromatic carbocycles. The maximum Gasteiger partial charge on any atom is 0.255 e. The molecule has 0 saturated carbocycles. The average molecular weight is 430 g/mol. The highest BCUT2D eigenvalue weighted by Crippen LogP contribution is 2.28. The van der Waals surface area contributed by atoms with E-state index in [1.165, 1.54) is 22.5 Å². The number of pyridine rings is 1. The number of nitrogens with one attached hydrogen (secondary N) is 1. The first-order valence-corrected chi connectivity index (χ1v) is 11.2. The van der Waals surface area contributed by atoms with Crippen LogP contribution < -0.4 is 5.32 Å². The van der Waals surface area contributed by atoms with Crippen molar-refractivity contribution >= 4 is 44.1 Å². The number of aromatic nitrogens is 1. The second kappa shape index (κ2) is 8.10. The molecule has 150 valence electrons. The standard InChI is InChI=1S/C21H20ClN3O3S/c22-18-9-8-16(13-20(18)29(27,28)25-10-4-1-5-11-25)21(26)24-17-12-15-6-2-3-7-19(15)23-14-17/h2-3,6-9,12-14H,1,4-5,10-11H2,(H,24,26). The van der Waals surface area contributed by atoms with Gasteiger partial charge >= 0.3 is 0 Å². The zero-order valence-corrected chi connectivity index (χ0v) is 17.2. The number of carbonyl (C=O) groups is 1. The van der Waals surface area contributed by atoms with E-state index in [-0.39, 0.29) is 15.5 Å². The third-order valence-corrected chi connectivity index (χ3v) is 7.35. The Balaban J connectivity index is 1.61. The van der Waals surface area contributed by atoms with Crippen LogP contribution in [0.1, 0.15) is 29.6 Å². The van der Waals surface area contributed by atoms with Gasteiger partial charge in [0.1, 0.15) is 4.90 Å². The maximum absolute atomic E-state index is 13.0. The van der Waals surface area contributed by atoms with Crippen molar-refractivity contribution < 1.29 is 13.2 Å². The molecule has 1 amide bonds. The van der Waals surface area contributed by atoms with Crippen LogP contribution in [0.3, 0.4) is 0 Å². The largest absolute Gasteiger partial charge is 0.321 e. The second-order valence-corrected chi connectivity index (χ2v) is 9.29. The predicted octanol–water partition coefficient (Wildman–Crippen LogP) is 4.32. The Labute approximate surface area is 174 Å². The lowest BCUT2D eigenvalue weighted by molar-refractivity contribution is 0.102. The summed E-state index contributed by atoms with van der Waals surface area (Å²) in [6, 6.07) is 13.7. The highest BCUT2D eigenvalue weighted by atomic mass is 35.5. The number of fused-ring (bicyclic) bond motifs is 1. The van der Waals surface area contributed by atoms with E-state index in [2.05, 4.69) is 10.3 Å². The van der Waals surface area contributed by atoms with Gasteiger partial charge in [0.2, 0.25) is 10.0 Å². The Hall–Kier alpha value is -2.48. The van der Waals surface area contributed by atoms with E-state index in [0.717, 1.165) is 30.2 Å². The number of hydrogen-bond acceptors (Lipinski definition) is 4. The molecule has 0 unspecified atom stereocenters. The molecule has 1 saturated heterocycles. The van der Waals surface area contributed by atoms with E-state index in [1.54, 1.807) is 6.20 Å². The van der Waals surface area contributed by atoms with E-state index in [9.17, 15) is 13.2 Å². The molecule has 29 heavy (non-hydrogen) atoms. The first-order valence-electron chi connectivity index (χ1n) is 9.41. The van der Waals surface area contributed by atoms with E-state index in [4.69, 9.17) is 11.6 Å². The van der Waals surface area contributed by atoms with E-state index >= 15 is 0 Å². The smallest absolute Gasteiger partial charge is 0.255 e. The van der Waals surface area contributed by atoms with Gasteiger partial charge in [-0.25, -0.2) is 8.42 Å². The molecule has 3 aromatic rings. The first kappa shape index (κ1) is 19.8. The Morgan fingerprint density at radius 1 is 1.03 bits per heavy atom. The van der Waals surface area contributed by atoms with Crippen molar-refractivity contribution in [2.75, 3.05) is 18.4 Å². The van der Waals surface area contributed by atoms with Gasteiger partial charge in [0.25, 0.3) is 5.91 Å². The summed E-state index contributed by atoms with van der Waals surface area (Å²) in [6.45, 7) is 0.940. The molecule has 1 aliphatic heterocycles. The highest BCUT2D eigenvalue weighted by Gasteiger charge is 2.28. The van der Waals surface area contributed by atoms with Gasteiger partial charge in [0, 0.05) is 24.0 Å². The molecule has 0 spiro atoms. The molecule has 8 heteroatoms. The summed E-state index contributed by atoms with van der Waals surface area (Å²) < 4.78 is 27.4. The number of anilines is 1. The number of nitrogens with zero attached hydrogens (tertiary/aromatic N) is 2. The zero-order chi connectivity index (χ0) is 20.4. The minimum atomic E-state index is -3.74. The molecule has 2 heterocycles. The Kier molecular flexibility index (Phi) is 5.54. The molecule has 0 atom stereocenters. The molecule has 1 aliphatic rings. The third-order valence-electron chi connectivity index (χ3n) is 4.97. The van der Waals surface area contributed by atoms with Gasteiger partial charge in [-0.15, -0.1) is 0 Å². The summed E-state index contributed by atoms with van der Waals surface area (Å²) in [6.07, 6.45) is 4.24. The fourth-order valence-electron chi connectivity index (χ4n) is 3.43. The molecule has 6 nitrogen and oxygen atoms in total. The quantitative estimate of drug-likeness (QED) is 0.670. The summed E-state index contributed by atoms with van der Waals surface area (Å²) >= 11 is 6.18. The monoisotopic (exact) mass is 429 g/mol. The Morgan fingerprint density at radius 3 is 2.59 bits per heavy atom. The van der Waals surface area contributed by atoms with Crippen molar-refractivity contribution in [3.8, 4) is 0 Å². The summed E-state index contributed by atoms with van der Waals surface area (Å²) in [4.78, 5) is 17.0. The van der Waals surface area contributed by atoms with Crippen LogP contribution in [0.15, 0.2) is 59.6 Å². The normalized spacial score (nSPS) is 15.3. The summed E-state index contributed by atoms with van der Waals surface area (Å²) in [5, 5.41) is 3.78. The van der Waals surface area contributed by atoms with Gasteiger partial charge in [-0.3, -0.25) is 9.78 Å². The minimum absolute atomic E-state index is 0.0367. The molecule has 0 aliphatic carbocycles. The molecule has 1 N–H and O–H groups in total. The van der Waals surface area contributed by atoms with Crippen LogP contribution in [0.25, 0.3) is 10.9 Å². The van der Waals surface area contributed by atoms with Crippen LogP contribution in [0.4, 0.5) is 5.69 Å². The number of piperidine rings is 1. The van der Waals surface area contributed by atoms with Crippen molar-refractivity contribution in [1.82, 2.24) is 9.29 Å². The number of para-hydroxylation sites is 1. The fraction of sp³-hybridized carbons (Fsp3) is 0.238. The molecule has 0 radical (unpaired) electrons. The van der Waals surface area contributed by atoms with Crippen LogP contribution in [0, 0.1) is 0 Å². The van der Waals surface area contributed by atoms with Crippen molar-refractivity contribution in [3.05, 3.63) is 65.3 Å². The van der Waals surface area contributed by atoms with Crippen molar-refractivity contribution in [3.63, 3.8) is 0 Å². The van der Waals surface area contributed by atoms with E-state index in [0.29, 0.717) is 18.8 Å². The van der Waals surface area contributed by atoms with Crippen molar-refractivity contribution in [2.45, 2.75) is 24.2 Å². The lowest BCUT2D eigenvalue weighted by atomic mass is 10.2. The number of benzene rings is 2. The SMILES string of the molecule is O=C(Nc1cnc2ccccc2c1)c1ccc(Cl)c(S(=O)(=O)N2CCCCC2)c1.